The number of halogens is 2. The predicted molar refractivity (Wildman–Crippen MR) is 116 cm³/mol. The Morgan fingerprint density at radius 3 is 2.94 bits per heavy atom. The van der Waals surface area contributed by atoms with Gasteiger partial charge in [-0.05, 0) is 31.7 Å². The number of hydrogen-bond donors (Lipinski definition) is 2. The van der Waals surface area contributed by atoms with Crippen LogP contribution in [0.1, 0.15) is 25.7 Å². The number of aromatic nitrogens is 4. The Balaban J connectivity index is 1.37. The number of anilines is 1. The number of aromatic amines is 1. The van der Waals surface area contributed by atoms with Crippen LogP contribution in [0.3, 0.4) is 0 Å². The van der Waals surface area contributed by atoms with E-state index >= 15 is 0 Å². The van der Waals surface area contributed by atoms with Gasteiger partial charge in [0, 0.05) is 55.6 Å². The molecule has 0 radical (unpaired) electrons. The molecule has 4 heterocycles. The Morgan fingerprint density at radius 1 is 1.26 bits per heavy atom. The Hall–Kier alpha value is -2.94. The van der Waals surface area contributed by atoms with Crippen LogP contribution in [0.4, 0.5) is 15.0 Å². The third-order valence-electron chi connectivity index (χ3n) is 6.16. The second-order valence-corrected chi connectivity index (χ2v) is 8.64. The van der Waals surface area contributed by atoms with Crippen molar-refractivity contribution in [3.8, 4) is 11.4 Å². The maximum atomic E-state index is 14.6. The van der Waals surface area contributed by atoms with E-state index in [1.807, 2.05) is 11.9 Å². The predicted octanol–water partition coefficient (Wildman–Crippen LogP) is 3.90. The SMILES string of the molecule is CN1CCN([C@@H]2CCCC(Nc3nc(-c4c[nH]c5ncc(Cl)cc45)ncc3F)C2)C1=O. The first-order valence-corrected chi connectivity index (χ1v) is 10.8. The van der Waals surface area contributed by atoms with Gasteiger partial charge in [-0.25, -0.2) is 24.1 Å². The van der Waals surface area contributed by atoms with Gasteiger partial charge in [-0.1, -0.05) is 11.6 Å². The number of likely N-dealkylation sites (N-methyl/N-ethyl adjacent to an activating group) is 1. The van der Waals surface area contributed by atoms with Crippen LogP contribution in [0.15, 0.2) is 24.7 Å². The fourth-order valence-corrected chi connectivity index (χ4v) is 4.70. The van der Waals surface area contributed by atoms with E-state index in [-0.39, 0.29) is 23.9 Å². The summed E-state index contributed by atoms with van der Waals surface area (Å²) in [5.74, 6) is 0.0617. The smallest absolute Gasteiger partial charge is 0.320 e. The van der Waals surface area contributed by atoms with E-state index in [1.54, 1.807) is 23.4 Å². The summed E-state index contributed by atoms with van der Waals surface area (Å²) in [6.45, 7) is 1.50. The zero-order chi connectivity index (χ0) is 21.5. The lowest BCUT2D eigenvalue weighted by Gasteiger charge is -2.35. The Morgan fingerprint density at radius 2 is 2.13 bits per heavy atom. The molecule has 162 valence electrons. The average molecular weight is 444 g/mol. The molecule has 0 spiro atoms. The number of fused-ring (bicyclic) bond motifs is 1. The molecule has 1 saturated heterocycles. The van der Waals surface area contributed by atoms with Crippen LogP contribution in [0.25, 0.3) is 22.4 Å². The van der Waals surface area contributed by atoms with E-state index in [0.29, 0.717) is 22.1 Å². The number of carbonyl (C=O) groups is 1. The van der Waals surface area contributed by atoms with Gasteiger partial charge < -0.3 is 20.1 Å². The molecular weight excluding hydrogens is 421 g/mol. The van der Waals surface area contributed by atoms with Crippen molar-refractivity contribution in [1.29, 1.82) is 0 Å². The lowest BCUT2D eigenvalue weighted by atomic mass is 9.90. The Kier molecular flexibility index (Phi) is 5.13. The Bertz CT molecular complexity index is 1140. The van der Waals surface area contributed by atoms with Crippen molar-refractivity contribution in [3.05, 3.63) is 35.5 Å². The molecule has 5 rings (SSSR count). The number of carbonyl (C=O) groups excluding carboxylic acids is 1. The molecule has 0 bridgehead atoms. The van der Waals surface area contributed by atoms with Gasteiger partial charge in [0.05, 0.1) is 11.2 Å². The second-order valence-electron chi connectivity index (χ2n) is 8.20. The zero-order valence-corrected chi connectivity index (χ0v) is 17.9. The van der Waals surface area contributed by atoms with Gasteiger partial charge in [0.1, 0.15) is 5.65 Å². The molecule has 1 unspecified atom stereocenters. The molecule has 1 aliphatic carbocycles. The first kappa shape index (κ1) is 20.0. The van der Waals surface area contributed by atoms with Crippen molar-refractivity contribution in [2.24, 2.45) is 0 Å². The van der Waals surface area contributed by atoms with Crippen LogP contribution >= 0.6 is 11.6 Å². The molecule has 2 amide bonds. The Labute approximate surface area is 183 Å². The van der Waals surface area contributed by atoms with Crippen LogP contribution in [0, 0.1) is 5.82 Å². The summed E-state index contributed by atoms with van der Waals surface area (Å²) in [5.41, 5.74) is 1.37. The minimum absolute atomic E-state index is 0.0359. The highest BCUT2D eigenvalue weighted by Crippen LogP contribution is 2.30. The first-order chi connectivity index (χ1) is 15.0. The zero-order valence-electron chi connectivity index (χ0n) is 17.1. The largest absolute Gasteiger partial charge is 0.365 e. The maximum Gasteiger partial charge on any atom is 0.320 e. The van der Waals surface area contributed by atoms with Crippen molar-refractivity contribution in [1.82, 2.24) is 29.7 Å². The number of urea groups is 1. The van der Waals surface area contributed by atoms with E-state index in [0.717, 1.165) is 44.2 Å². The van der Waals surface area contributed by atoms with E-state index in [1.165, 1.54) is 6.20 Å². The fraction of sp³-hybridized carbons (Fsp3) is 0.429. The van der Waals surface area contributed by atoms with Crippen molar-refractivity contribution in [2.45, 2.75) is 37.8 Å². The summed E-state index contributed by atoms with van der Waals surface area (Å²) in [4.78, 5) is 32.0. The lowest BCUT2D eigenvalue weighted by Crippen LogP contribution is -2.44. The van der Waals surface area contributed by atoms with Crippen molar-refractivity contribution in [3.63, 3.8) is 0 Å². The summed E-state index contributed by atoms with van der Waals surface area (Å²) < 4.78 is 14.6. The molecule has 2 fully saturated rings. The van der Waals surface area contributed by atoms with Crippen molar-refractivity contribution < 1.29 is 9.18 Å². The first-order valence-electron chi connectivity index (χ1n) is 10.4. The van der Waals surface area contributed by atoms with Crippen LogP contribution in [-0.2, 0) is 0 Å². The second kappa shape index (κ2) is 7.96. The molecule has 10 heteroatoms. The van der Waals surface area contributed by atoms with Gasteiger partial charge in [0.25, 0.3) is 0 Å². The highest BCUT2D eigenvalue weighted by Gasteiger charge is 2.35. The molecule has 1 saturated carbocycles. The molecule has 0 aromatic carbocycles. The topological polar surface area (TPSA) is 90.0 Å². The summed E-state index contributed by atoms with van der Waals surface area (Å²) in [6, 6.07) is 2.06. The van der Waals surface area contributed by atoms with Crippen molar-refractivity contribution >= 4 is 34.5 Å². The summed E-state index contributed by atoms with van der Waals surface area (Å²) in [7, 11) is 1.83. The number of pyridine rings is 1. The van der Waals surface area contributed by atoms with Crippen LogP contribution in [-0.4, -0.2) is 68.0 Å². The molecule has 3 aromatic rings. The third kappa shape index (κ3) is 3.78. The minimum Gasteiger partial charge on any atom is -0.365 e. The normalized spacial score (nSPS) is 21.8. The number of amides is 2. The third-order valence-corrected chi connectivity index (χ3v) is 6.37. The highest BCUT2D eigenvalue weighted by atomic mass is 35.5. The molecule has 31 heavy (non-hydrogen) atoms. The number of hydrogen-bond acceptors (Lipinski definition) is 5. The maximum absolute atomic E-state index is 14.6. The monoisotopic (exact) mass is 443 g/mol. The average Bonchev–Trinajstić information content (AvgIpc) is 3.33. The summed E-state index contributed by atoms with van der Waals surface area (Å²) >= 11 is 6.09. The van der Waals surface area contributed by atoms with Crippen LogP contribution in [0.5, 0.6) is 0 Å². The van der Waals surface area contributed by atoms with Gasteiger partial charge in [0.15, 0.2) is 17.5 Å². The molecule has 1 aliphatic heterocycles. The van der Waals surface area contributed by atoms with Crippen molar-refractivity contribution in [2.75, 3.05) is 25.5 Å². The van der Waals surface area contributed by atoms with Gasteiger partial charge in [-0.15, -0.1) is 0 Å². The van der Waals surface area contributed by atoms with E-state index in [4.69, 9.17) is 11.6 Å². The van der Waals surface area contributed by atoms with Gasteiger partial charge in [-0.3, -0.25) is 0 Å². The number of H-pyrrole nitrogens is 1. The number of nitrogens with zero attached hydrogens (tertiary/aromatic N) is 5. The fourth-order valence-electron chi connectivity index (χ4n) is 4.54. The lowest BCUT2D eigenvalue weighted by molar-refractivity contribution is 0.164. The molecular formula is C21H23ClFN7O. The van der Waals surface area contributed by atoms with Gasteiger partial charge in [0.2, 0.25) is 0 Å². The molecule has 2 atom stereocenters. The van der Waals surface area contributed by atoms with E-state index in [9.17, 15) is 9.18 Å². The summed E-state index contributed by atoms with van der Waals surface area (Å²) in [5, 5.41) is 4.54. The molecule has 2 N–H and O–H groups in total. The van der Waals surface area contributed by atoms with E-state index < -0.39 is 5.82 Å². The number of nitrogens with one attached hydrogen (secondary N) is 2. The summed E-state index contributed by atoms with van der Waals surface area (Å²) in [6.07, 6.45) is 8.11. The van der Waals surface area contributed by atoms with Gasteiger partial charge >= 0.3 is 6.03 Å². The number of rotatable bonds is 4. The van der Waals surface area contributed by atoms with E-state index in [2.05, 4.69) is 25.3 Å². The standard InChI is InChI=1S/C21H23ClFN7O/c1-29-5-6-30(21(29)31)14-4-2-3-13(8-14)27-20-17(23)11-26-19(28-20)16-10-25-18-15(16)7-12(22)9-24-18/h7,9-11,13-14H,2-6,8H2,1H3,(H,24,25)(H,26,27,28)/t13?,14-/m1/s1. The quantitative estimate of drug-likeness (QED) is 0.638. The molecule has 2 aliphatic rings. The highest BCUT2D eigenvalue weighted by molar-refractivity contribution is 6.31. The van der Waals surface area contributed by atoms with Crippen LogP contribution < -0.4 is 5.32 Å². The molecule has 3 aromatic heterocycles. The molecule has 8 nitrogen and oxygen atoms in total. The minimum atomic E-state index is -0.501. The van der Waals surface area contributed by atoms with Crippen LogP contribution in [0.2, 0.25) is 5.02 Å². The van der Waals surface area contributed by atoms with Gasteiger partial charge in [-0.2, -0.15) is 0 Å².